The first kappa shape index (κ1) is 9.28. The largest absolute Gasteiger partial charge is 0.660 e. The molecule has 0 spiro atoms. The van der Waals surface area contributed by atoms with Crippen molar-refractivity contribution < 1.29 is 41.3 Å². The van der Waals surface area contributed by atoms with Crippen molar-refractivity contribution in [1.82, 2.24) is 4.90 Å². The van der Waals surface area contributed by atoms with Crippen LogP contribution in [0.2, 0.25) is 0 Å². The molecule has 0 aromatic rings. The van der Waals surface area contributed by atoms with Crippen LogP contribution in [0.4, 0.5) is 0 Å². The fourth-order valence-electron chi connectivity index (χ4n) is 0.706. The fourth-order valence-corrected chi connectivity index (χ4v) is 0.706. The smallest absolute Gasteiger partial charge is 0 e. The molecule has 0 unspecified atom stereocenters. The maximum absolute atomic E-state index is 4.19. The van der Waals surface area contributed by atoms with Gasteiger partial charge in [-0.2, -0.15) is 0 Å². The van der Waals surface area contributed by atoms with Crippen LogP contribution in [0, 0.1) is 41.3 Å². The molecular weight excluding hydrogens is 229 g/mol. The number of rotatable bonds is 0. The predicted molar refractivity (Wildman–Crippen MR) is 30.6 cm³/mol. The van der Waals surface area contributed by atoms with Crippen LogP contribution in [0.25, 0.3) is 5.32 Å². The van der Waals surface area contributed by atoms with Gasteiger partial charge in [-0.25, -0.2) is 0 Å². The molecule has 45 valence electrons. The first-order valence-electron chi connectivity index (χ1n) is 2.71. The molecular formula is C5H11N2Pr-. The van der Waals surface area contributed by atoms with Gasteiger partial charge in [0.1, 0.15) is 0 Å². The van der Waals surface area contributed by atoms with Crippen LogP contribution in [0.15, 0.2) is 0 Å². The molecule has 0 bridgehead atoms. The Morgan fingerprint density at radius 1 is 1.25 bits per heavy atom. The average Bonchev–Trinajstić information content (AvgIpc) is 1.69. The van der Waals surface area contributed by atoms with Gasteiger partial charge in [-0.3, -0.25) is 0 Å². The summed E-state index contributed by atoms with van der Waals surface area (Å²) in [5, 5.41) is 4.19. The summed E-state index contributed by atoms with van der Waals surface area (Å²) in [6.45, 7) is 4.38. The SMILES string of the molecule is CN1CC[N-]CC1.[Pr]. The molecule has 8 heavy (non-hydrogen) atoms. The second-order valence-electron chi connectivity index (χ2n) is 1.97. The van der Waals surface area contributed by atoms with Crippen LogP contribution in [0.1, 0.15) is 0 Å². The molecule has 1 fully saturated rings. The van der Waals surface area contributed by atoms with Crippen molar-refractivity contribution in [2.45, 2.75) is 0 Å². The zero-order valence-corrected chi connectivity index (χ0v) is 9.00. The standard InChI is InChI=1S/C5H11N2.Pr/c1-7-4-2-6-3-5-7;/h2-5H2,1H3;/q-1;. The zero-order valence-electron chi connectivity index (χ0n) is 5.30. The van der Waals surface area contributed by atoms with Gasteiger partial charge < -0.3 is 10.2 Å². The number of hydrogen-bond acceptors (Lipinski definition) is 1. The minimum Gasteiger partial charge on any atom is -0.660 e. The Labute approximate surface area is 84.0 Å². The third-order valence-corrected chi connectivity index (χ3v) is 1.28. The number of likely N-dealkylation sites (N-methyl/N-ethyl adjacent to an activating group) is 1. The number of piperazine rings is 1. The summed E-state index contributed by atoms with van der Waals surface area (Å²) in [6, 6.07) is 0. The molecule has 1 aliphatic heterocycles. The summed E-state index contributed by atoms with van der Waals surface area (Å²) in [5.74, 6) is 0. The molecule has 0 atom stereocenters. The Morgan fingerprint density at radius 2 is 1.75 bits per heavy atom. The van der Waals surface area contributed by atoms with E-state index in [9.17, 15) is 0 Å². The van der Waals surface area contributed by atoms with Crippen molar-refractivity contribution in [1.29, 1.82) is 0 Å². The van der Waals surface area contributed by atoms with Gasteiger partial charge >= 0.3 is 0 Å². The summed E-state index contributed by atoms with van der Waals surface area (Å²) in [6.07, 6.45) is 0. The van der Waals surface area contributed by atoms with Gasteiger partial charge in [-0.1, -0.05) is 0 Å². The van der Waals surface area contributed by atoms with E-state index in [1.54, 1.807) is 0 Å². The maximum atomic E-state index is 4.19. The van der Waals surface area contributed by atoms with Gasteiger partial charge in [-0.05, 0) is 20.1 Å². The van der Waals surface area contributed by atoms with E-state index in [0.29, 0.717) is 0 Å². The maximum Gasteiger partial charge on any atom is 0 e. The molecule has 0 N–H and O–H groups in total. The molecule has 1 heterocycles. The molecule has 0 amide bonds. The molecule has 0 saturated carbocycles. The number of nitrogens with zero attached hydrogens (tertiary/aromatic N) is 2. The average molecular weight is 240 g/mol. The fraction of sp³-hybridized carbons (Fsp3) is 1.00. The van der Waals surface area contributed by atoms with E-state index < -0.39 is 0 Å². The second-order valence-corrected chi connectivity index (χ2v) is 1.97. The Bertz CT molecular complexity index is 52.4. The first-order valence-corrected chi connectivity index (χ1v) is 2.71. The van der Waals surface area contributed by atoms with E-state index in [1.165, 1.54) is 0 Å². The Kier molecular flexibility index (Phi) is 5.92. The molecule has 1 aliphatic rings. The van der Waals surface area contributed by atoms with Crippen LogP contribution in [0.3, 0.4) is 0 Å². The molecule has 0 aromatic carbocycles. The van der Waals surface area contributed by atoms with Crippen molar-refractivity contribution in [2.24, 2.45) is 0 Å². The van der Waals surface area contributed by atoms with E-state index >= 15 is 0 Å². The van der Waals surface area contributed by atoms with Crippen molar-refractivity contribution >= 4 is 0 Å². The van der Waals surface area contributed by atoms with Crippen molar-refractivity contribution in [3.05, 3.63) is 5.32 Å². The minimum atomic E-state index is 0. The number of hydrogen-bond donors (Lipinski definition) is 0. The van der Waals surface area contributed by atoms with Gasteiger partial charge in [-0.15, -0.1) is 13.1 Å². The molecule has 1 radical (unpaired) electrons. The Hall–Kier alpha value is 1.28. The minimum absolute atomic E-state index is 0. The molecule has 0 aromatic heterocycles. The third-order valence-electron chi connectivity index (χ3n) is 1.28. The van der Waals surface area contributed by atoms with E-state index in [4.69, 9.17) is 0 Å². The summed E-state index contributed by atoms with van der Waals surface area (Å²) >= 11 is 0. The van der Waals surface area contributed by atoms with Crippen LogP contribution >= 0.6 is 0 Å². The first-order chi connectivity index (χ1) is 3.39. The van der Waals surface area contributed by atoms with E-state index in [-0.39, 0.29) is 41.3 Å². The summed E-state index contributed by atoms with van der Waals surface area (Å²) in [5.41, 5.74) is 0. The topological polar surface area (TPSA) is 17.3 Å². The van der Waals surface area contributed by atoms with Crippen LogP contribution in [-0.4, -0.2) is 38.1 Å². The predicted octanol–water partition coefficient (Wildman–Crippen LogP) is 0.305. The zero-order chi connectivity index (χ0) is 5.11. The molecule has 0 aliphatic carbocycles. The molecule has 2 nitrogen and oxygen atoms in total. The summed E-state index contributed by atoms with van der Waals surface area (Å²) in [7, 11) is 2.13. The van der Waals surface area contributed by atoms with Crippen molar-refractivity contribution in [3.63, 3.8) is 0 Å². The van der Waals surface area contributed by atoms with Crippen LogP contribution in [-0.2, 0) is 0 Å². The Morgan fingerprint density at radius 3 is 2.00 bits per heavy atom. The monoisotopic (exact) mass is 240 g/mol. The second kappa shape index (κ2) is 5.10. The normalized spacial score (nSPS) is 22.1. The van der Waals surface area contributed by atoms with Crippen molar-refractivity contribution in [2.75, 3.05) is 33.2 Å². The van der Waals surface area contributed by atoms with Gasteiger partial charge in [0.2, 0.25) is 0 Å². The quantitative estimate of drug-likeness (QED) is 0.595. The van der Waals surface area contributed by atoms with Crippen molar-refractivity contribution in [3.8, 4) is 0 Å². The van der Waals surface area contributed by atoms with Gasteiger partial charge in [0.25, 0.3) is 0 Å². The molecule has 1 saturated heterocycles. The van der Waals surface area contributed by atoms with Gasteiger partial charge in [0, 0.05) is 41.3 Å². The van der Waals surface area contributed by atoms with Crippen LogP contribution < -0.4 is 0 Å². The van der Waals surface area contributed by atoms with Gasteiger partial charge in [0.05, 0.1) is 0 Å². The summed E-state index contributed by atoms with van der Waals surface area (Å²) < 4.78 is 0. The van der Waals surface area contributed by atoms with Crippen LogP contribution in [0.5, 0.6) is 0 Å². The van der Waals surface area contributed by atoms with E-state index in [0.717, 1.165) is 26.2 Å². The summed E-state index contributed by atoms with van der Waals surface area (Å²) in [4.78, 5) is 2.30. The van der Waals surface area contributed by atoms with E-state index in [1.807, 2.05) is 0 Å². The third kappa shape index (κ3) is 3.34. The Balaban J connectivity index is 0.000000490. The van der Waals surface area contributed by atoms with E-state index in [2.05, 4.69) is 17.3 Å². The van der Waals surface area contributed by atoms with Gasteiger partial charge in [0.15, 0.2) is 0 Å². The molecule has 3 heteroatoms. The molecule has 1 rings (SSSR count).